The summed E-state index contributed by atoms with van der Waals surface area (Å²) < 4.78 is 0. The SMILES string of the molecule is CCC(C)/C=C/C=C/C=C/C(=O)Cl. The molecule has 1 nitrogen and oxygen atoms in total. The van der Waals surface area contributed by atoms with Crippen molar-refractivity contribution in [3.05, 3.63) is 36.5 Å². The van der Waals surface area contributed by atoms with Crippen LogP contribution in [0.25, 0.3) is 0 Å². The number of carbonyl (C=O) groups is 1. The van der Waals surface area contributed by atoms with Crippen molar-refractivity contribution < 1.29 is 4.79 Å². The van der Waals surface area contributed by atoms with Crippen molar-refractivity contribution >= 4 is 16.8 Å². The minimum Gasteiger partial charge on any atom is -0.276 e. The number of halogens is 1. The molecule has 0 saturated carbocycles. The first-order valence-electron chi connectivity index (χ1n) is 4.37. The molecule has 0 heterocycles. The van der Waals surface area contributed by atoms with Crippen LogP contribution >= 0.6 is 11.6 Å². The summed E-state index contributed by atoms with van der Waals surface area (Å²) in [4.78, 5) is 10.3. The van der Waals surface area contributed by atoms with Gasteiger partial charge in [-0.15, -0.1) is 0 Å². The fourth-order valence-electron chi connectivity index (χ4n) is 0.649. The highest BCUT2D eigenvalue weighted by molar-refractivity contribution is 6.66. The Morgan fingerprint density at radius 1 is 1.31 bits per heavy atom. The van der Waals surface area contributed by atoms with Gasteiger partial charge in [-0.05, 0) is 23.6 Å². The van der Waals surface area contributed by atoms with Crippen LogP contribution in [0, 0.1) is 5.92 Å². The van der Waals surface area contributed by atoms with Crippen molar-refractivity contribution in [2.45, 2.75) is 20.3 Å². The van der Waals surface area contributed by atoms with E-state index in [4.69, 9.17) is 11.6 Å². The first-order valence-corrected chi connectivity index (χ1v) is 4.75. The van der Waals surface area contributed by atoms with E-state index >= 15 is 0 Å². The number of allylic oxidation sites excluding steroid dienone is 6. The first-order chi connectivity index (χ1) is 6.16. The molecule has 2 heteroatoms. The molecular weight excluding hydrogens is 184 g/mol. The summed E-state index contributed by atoms with van der Waals surface area (Å²) in [5.41, 5.74) is 0. The maximum atomic E-state index is 10.3. The van der Waals surface area contributed by atoms with E-state index in [9.17, 15) is 4.79 Å². The van der Waals surface area contributed by atoms with Gasteiger partial charge in [-0.25, -0.2) is 0 Å². The van der Waals surface area contributed by atoms with E-state index in [0.29, 0.717) is 5.92 Å². The van der Waals surface area contributed by atoms with Crippen molar-refractivity contribution in [1.82, 2.24) is 0 Å². The normalized spacial score (nSPS) is 14.7. The lowest BCUT2D eigenvalue weighted by atomic mass is 10.1. The Kier molecular flexibility index (Phi) is 7.32. The van der Waals surface area contributed by atoms with Crippen LogP contribution in [0.3, 0.4) is 0 Å². The molecule has 0 spiro atoms. The zero-order valence-electron chi connectivity index (χ0n) is 8.03. The Morgan fingerprint density at radius 3 is 2.46 bits per heavy atom. The molecule has 72 valence electrons. The van der Waals surface area contributed by atoms with E-state index in [-0.39, 0.29) is 0 Å². The second-order valence-corrected chi connectivity index (χ2v) is 3.19. The summed E-state index contributed by atoms with van der Waals surface area (Å²) in [6, 6.07) is 0. The molecule has 1 unspecified atom stereocenters. The van der Waals surface area contributed by atoms with Crippen LogP contribution in [0.1, 0.15) is 20.3 Å². The predicted molar refractivity (Wildman–Crippen MR) is 57.7 cm³/mol. The zero-order valence-corrected chi connectivity index (χ0v) is 8.79. The minimum absolute atomic E-state index is 0.449. The predicted octanol–water partition coefficient (Wildman–Crippen LogP) is 3.47. The molecule has 0 radical (unpaired) electrons. The maximum Gasteiger partial charge on any atom is 0.245 e. The van der Waals surface area contributed by atoms with Gasteiger partial charge < -0.3 is 0 Å². The van der Waals surface area contributed by atoms with Crippen LogP contribution in [-0.4, -0.2) is 5.24 Å². The highest BCUT2D eigenvalue weighted by atomic mass is 35.5. The van der Waals surface area contributed by atoms with Gasteiger partial charge in [-0.2, -0.15) is 0 Å². The van der Waals surface area contributed by atoms with Gasteiger partial charge in [0.15, 0.2) is 0 Å². The van der Waals surface area contributed by atoms with Gasteiger partial charge in [-0.3, -0.25) is 4.79 Å². The number of rotatable bonds is 5. The van der Waals surface area contributed by atoms with Gasteiger partial charge in [0, 0.05) is 0 Å². The molecule has 0 rings (SSSR count). The topological polar surface area (TPSA) is 17.1 Å². The summed E-state index contributed by atoms with van der Waals surface area (Å²) >= 11 is 5.09. The Hall–Kier alpha value is -0.820. The van der Waals surface area contributed by atoms with Crippen LogP contribution in [0.2, 0.25) is 0 Å². The van der Waals surface area contributed by atoms with Crippen LogP contribution < -0.4 is 0 Å². The molecule has 0 aliphatic carbocycles. The molecule has 13 heavy (non-hydrogen) atoms. The fraction of sp³-hybridized carbons (Fsp3) is 0.364. The average molecular weight is 199 g/mol. The molecule has 1 atom stereocenters. The molecule has 0 fully saturated rings. The van der Waals surface area contributed by atoms with Crippen LogP contribution in [0.4, 0.5) is 0 Å². The molecule has 0 aromatic carbocycles. The largest absolute Gasteiger partial charge is 0.276 e. The fourth-order valence-corrected chi connectivity index (χ4v) is 0.722. The molecule has 0 aromatic rings. The van der Waals surface area contributed by atoms with Gasteiger partial charge in [0.25, 0.3) is 0 Å². The minimum atomic E-state index is -0.449. The van der Waals surface area contributed by atoms with Gasteiger partial charge in [0.2, 0.25) is 5.24 Å². The van der Waals surface area contributed by atoms with Gasteiger partial charge >= 0.3 is 0 Å². The van der Waals surface area contributed by atoms with E-state index in [1.54, 1.807) is 12.2 Å². The van der Waals surface area contributed by atoms with Gasteiger partial charge in [-0.1, -0.05) is 50.6 Å². The molecule has 0 aliphatic rings. The molecule has 0 bridgehead atoms. The Labute approximate surface area is 84.8 Å². The van der Waals surface area contributed by atoms with E-state index in [1.807, 2.05) is 12.2 Å². The average Bonchev–Trinajstić information content (AvgIpc) is 2.10. The lowest BCUT2D eigenvalue weighted by Crippen LogP contribution is -1.82. The van der Waals surface area contributed by atoms with Crippen molar-refractivity contribution in [3.63, 3.8) is 0 Å². The second-order valence-electron chi connectivity index (χ2n) is 2.82. The van der Waals surface area contributed by atoms with Crippen molar-refractivity contribution in [1.29, 1.82) is 0 Å². The Balaban J connectivity index is 3.75. The van der Waals surface area contributed by atoms with Crippen molar-refractivity contribution in [3.8, 4) is 0 Å². The number of hydrogen-bond donors (Lipinski definition) is 0. The Morgan fingerprint density at radius 2 is 1.92 bits per heavy atom. The van der Waals surface area contributed by atoms with Gasteiger partial charge in [0.1, 0.15) is 0 Å². The summed E-state index contributed by atoms with van der Waals surface area (Å²) in [6.07, 6.45) is 11.8. The quantitative estimate of drug-likeness (QED) is 0.376. The maximum absolute atomic E-state index is 10.3. The number of hydrogen-bond acceptors (Lipinski definition) is 1. The number of carbonyl (C=O) groups excluding carboxylic acids is 1. The molecular formula is C11H15ClO. The molecule has 0 aromatic heterocycles. The van der Waals surface area contributed by atoms with E-state index in [0.717, 1.165) is 6.42 Å². The Bertz CT molecular complexity index is 226. The van der Waals surface area contributed by atoms with Crippen LogP contribution in [0.5, 0.6) is 0 Å². The summed E-state index contributed by atoms with van der Waals surface area (Å²) in [5, 5.41) is -0.449. The third-order valence-corrected chi connectivity index (χ3v) is 1.77. The summed E-state index contributed by atoms with van der Waals surface area (Å²) in [7, 11) is 0. The van der Waals surface area contributed by atoms with Crippen molar-refractivity contribution in [2.24, 2.45) is 5.92 Å². The second kappa shape index (κ2) is 7.81. The molecule has 0 N–H and O–H groups in total. The highest BCUT2D eigenvalue weighted by Gasteiger charge is 1.87. The van der Waals surface area contributed by atoms with E-state index in [2.05, 4.69) is 19.9 Å². The molecule has 0 aliphatic heterocycles. The third kappa shape index (κ3) is 9.09. The standard InChI is InChI=1S/C11H15ClO/c1-3-10(2)8-6-4-5-7-9-11(12)13/h4-10H,3H2,1-2H3/b5-4+,8-6+,9-7+. The lowest BCUT2D eigenvalue weighted by molar-refractivity contribution is -0.107. The van der Waals surface area contributed by atoms with E-state index < -0.39 is 5.24 Å². The lowest BCUT2D eigenvalue weighted by Gasteiger charge is -1.96. The van der Waals surface area contributed by atoms with Crippen LogP contribution in [0.15, 0.2) is 36.5 Å². The third-order valence-electron chi connectivity index (χ3n) is 1.64. The zero-order chi connectivity index (χ0) is 10.1. The van der Waals surface area contributed by atoms with Crippen LogP contribution in [-0.2, 0) is 4.79 Å². The first kappa shape index (κ1) is 12.2. The van der Waals surface area contributed by atoms with E-state index in [1.165, 1.54) is 6.08 Å². The molecule has 0 saturated heterocycles. The van der Waals surface area contributed by atoms with Gasteiger partial charge in [0.05, 0.1) is 0 Å². The summed E-state index contributed by atoms with van der Waals surface area (Å²) in [6.45, 7) is 4.30. The monoisotopic (exact) mass is 198 g/mol. The van der Waals surface area contributed by atoms with Crippen molar-refractivity contribution in [2.75, 3.05) is 0 Å². The summed E-state index contributed by atoms with van der Waals surface area (Å²) in [5.74, 6) is 0.600. The smallest absolute Gasteiger partial charge is 0.245 e. The molecule has 0 amide bonds. The highest BCUT2D eigenvalue weighted by Crippen LogP contribution is 2.01.